The Morgan fingerprint density at radius 1 is 0.740 bits per heavy atom. The average Bonchev–Trinajstić information content (AvgIpc) is 3.10. The van der Waals surface area contributed by atoms with Gasteiger partial charge < -0.3 is 33.9 Å². The molecule has 50 heavy (non-hydrogen) atoms. The van der Waals surface area contributed by atoms with Crippen LogP contribution in [0.25, 0.3) is 21.9 Å². The molecule has 2 saturated heterocycles. The molecule has 2 N–H and O–H groups in total. The number of hydrogen-bond donors (Lipinski definition) is 2. The average molecular weight is 725 g/mol. The van der Waals surface area contributed by atoms with Crippen molar-refractivity contribution in [1.29, 1.82) is 0 Å². The largest absolute Gasteiger partial charge is 0.507 e. The second-order valence-corrected chi connectivity index (χ2v) is 16.3. The Morgan fingerprint density at radius 3 is 1.72 bits per heavy atom. The lowest BCUT2D eigenvalue weighted by Crippen LogP contribution is -2.33. The van der Waals surface area contributed by atoms with Gasteiger partial charge in [-0.25, -0.2) is 0 Å². The normalized spacial score (nSPS) is 15.8. The highest BCUT2D eigenvalue weighted by atomic mass is 32.2. The molecule has 274 valence electrons. The van der Waals surface area contributed by atoms with Crippen molar-refractivity contribution >= 4 is 45.5 Å². The van der Waals surface area contributed by atoms with E-state index in [-0.39, 0.29) is 28.8 Å². The summed E-state index contributed by atoms with van der Waals surface area (Å²) in [7, 11) is 0. The number of aliphatic hydroxyl groups is 1. The minimum Gasteiger partial charge on any atom is -0.507 e. The van der Waals surface area contributed by atoms with Crippen molar-refractivity contribution in [3.63, 3.8) is 0 Å². The van der Waals surface area contributed by atoms with Gasteiger partial charge in [0.15, 0.2) is 0 Å². The molecule has 0 unspecified atom stereocenters. The van der Waals surface area contributed by atoms with Crippen molar-refractivity contribution in [2.75, 3.05) is 75.5 Å². The second kappa shape index (κ2) is 19.3. The van der Waals surface area contributed by atoms with Crippen LogP contribution in [0.1, 0.15) is 70.1 Å². The fourth-order valence-corrected chi connectivity index (χ4v) is 8.57. The minimum absolute atomic E-state index is 0.109. The number of fused-ring (bicyclic) bond motifs is 2. The van der Waals surface area contributed by atoms with Crippen molar-refractivity contribution in [1.82, 2.24) is 9.80 Å². The van der Waals surface area contributed by atoms with Crippen LogP contribution in [-0.4, -0.2) is 95.5 Å². The molecule has 8 nitrogen and oxygen atoms in total. The van der Waals surface area contributed by atoms with E-state index in [1.54, 1.807) is 12.1 Å². The summed E-state index contributed by atoms with van der Waals surface area (Å²) in [4.78, 5) is 19.4. The molecule has 0 aliphatic carbocycles. The van der Waals surface area contributed by atoms with Gasteiger partial charge in [-0.2, -0.15) is 23.5 Å². The number of nitrogens with zero attached hydrogens (tertiary/aromatic N) is 2. The Hall–Kier alpha value is -2.63. The molecule has 5 rings (SSSR count). The quantitative estimate of drug-likeness (QED) is 0.0825. The molecule has 3 heterocycles. The zero-order valence-electron chi connectivity index (χ0n) is 30.5. The van der Waals surface area contributed by atoms with Gasteiger partial charge in [-0.1, -0.05) is 23.3 Å². The SMILES string of the molecule is CC(C)=CCc1c(OCCCCN2CCSCC2)cc2oc3cc(OCCCCN4CCSCC4)c(CO)c(CC=C(C)C)c3c(=O)c2c1O. The Balaban J connectivity index is 1.47. The molecule has 0 saturated carbocycles. The summed E-state index contributed by atoms with van der Waals surface area (Å²) < 4.78 is 19.1. The third-order valence-corrected chi connectivity index (χ3v) is 11.4. The first-order valence-electron chi connectivity index (χ1n) is 18.3. The Morgan fingerprint density at radius 2 is 1.22 bits per heavy atom. The lowest BCUT2D eigenvalue weighted by atomic mass is 9.95. The molecular weight excluding hydrogens is 669 g/mol. The van der Waals surface area contributed by atoms with Gasteiger partial charge in [0.05, 0.1) is 25.2 Å². The van der Waals surface area contributed by atoms with E-state index in [0.717, 1.165) is 76.1 Å². The van der Waals surface area contributed by atoms with Crippen molar-refractivity contribution in [2.45, 2.75) is 72.8 Å². The Bertz CT molecular complexity index is 1700. The smallest absolute Gasteiger partial charge is 0.204 e. The summed E-state index contributed by atoms with van der Waals surface area (Å²) in [5, 5.41) is 22.9. The molecule has 2 aromatic carbocycles. The van der Waals surface area contributed by atoms with Crippen LogP contribution in [0.5, 0.6) is 17.2 Å². The minimum atomic E-state index is -0.318. The van der Waals surface area contributed by atoms with Crippen molar-refractivity contribution in [3.05, 3.63) is 62.3 Å². The Labute approximate surface area is 306 Å². The first kappa shape index (κ1) is 38.6. The summed E-state index contributed by atoms with van der Waals surface area (Å²) in [6, 6.07) is 3.50. The van der Waals surface area contributed by atoms with E-state index in [2.05, 4.69) is 9.80 Å². The molecule has 0 spiro atoms. The second-order valence-electron chi connectivity index (χ2n) is 13.9. The van der Waals surface area contributed by atoms with Gasteiger partial charge in [0.2, 0.25) is 5.43 Å². The van der Waals surface area contributed by atoms with E-state index < -0.39 is 0 Å². The first-order chi connectivity index (χ1) is 24.3. The number of aliphatic hydroxyl groups excluding tert-OH is 1. The van der Waals surface area contributed by atoms with Crippen LogP contribution in [0.2, 0.25) is 0 Å². The molecule has 2 aliphatic heterocycles. The molecule has 2 fully saturated rings. The predicted molar refractivity (Wildman–Crippen MR) is 211 cm³/mol. The summed E-state index contributed by atoms with van der Waals surface area (Å²) in [6.45, 7) is 15.5. The molecule has 0 atom stereocenters. The van der Waals surface area contributed by atoms with Gasteiger partial charge >= 0.3 is 0 Å². The van der Waals surface area contributed by atoms with Gasteiger partial charge in [0, 0.05) is 72.5 Å². The Kier molecular flexibility index (Phi) is 14.9. The van der Waals surface area contributed by atoms with Crippen LogP contribution in [0, 0.1) is 0 Å². The molecule has 0 bridgehead atoms. The summed E-state index contributed by atoms with van der Waals surface area (Å²) in [5.74, 6) is 5.74. The number of aromatic hydroxyl groups is 1. The van der Waals surface area contributed by atoms with Crippen LogP contribution in [0.15, 0.2) is 44.6 Å². The first-order valence-corrected chi connectivity index (χ1v) is 20.6. The zero-order valence-corrected chi connectivity index (χ0v) is 32.1. The predicted octanol–water partition coefficient (Wildman–Crippen LogP) is 7.58. The van der Waals surface area contributed by atoms with Crippen LogP contribution in [-0.2, 0) is 19.4 Å². The van der Waals surface area contributed by atoms with Crippen LogP contribution in [0.3, 0.4) is 0 Å². The fraction of sp³-hybridized carbons (Fsp3) is 0.575. The zero-order chi connectivity index (χ0) is 35.5. The third kappa shape index (κ3) is 10.2. The highest BCUT2D eigenvalue weighted by molar-refractivity contribution is 7.99. The van der Waals surface area contributed by atoms with Crippen molar-refractivity contribution in [2.24, 2.45) is 0 Å². The summed E-state index contributed by atoms with van der Waals surface area (Å²) in [5.41, 5.74) is 4.37. The summed E-state index contributed by atoms with van der Waals surface area (Å²) >= 11 is 4.04. The van der Waals surface area contributed by atoms with Gasteiger partial charge in [0.25, 0.3) is 0 Å². The van der Waals surface area contributed by atoms with Crippen molar-refractivity contribution < 1.29 is 24.1 Å². The van der Waals surface area contributed by atoms with E-state index in [0.29, 0.717) is 65.2 Å². The lowest BCUT2D eigenvalue weighted by molar-refractivity contribution is 0.249. The summed E-state index contributed by atoms with van der Waals surface area (Å²) in [6.07, 6.45) is 8.78. The maximum Gasteiger partial charge on any atom is 0.204 e. The maximum atomic E-state index is 14.4. The van der Waals surface area contributed by atoms with E-state index in [1.807, 2.05) is 63.4 Å². The number of allylic oxidation sites excluding steroid dienone is 4. The van der Waals surface area contributed by atoms with Crippen LogP contribution < -0.4 is 14.9 Å². The van der Waals surface area contributed by atoms with Crippen molar-refractivity contribution in [3.8, 4) is 17.2 Å². The third-order valence-electron chi connectivity index (χ3n) is 9.52. The van der Waals surface area contributed by atoms with E-state index >= 15 is 0 Å². The number of phenolic OH excluding ortho intramolecular Hbond substituents is 1. The number of ether oxygens (including phenoxy) is 2. The molecule has 10 heteroatoms. The van der Waals surface area contributed by atoms with Gasteiger partial charge in [-0.05, 0) is 84.9 Å². The van der Waals surface area contributed by atoms with Gasteiger partial charge in [-0.3, -0.25) is 4.79 Å². The highest BCUT2D eigenvalue weighted by Gasteiger charge is 2.24. The number of benzene rings is 2. The van der Waals surface area contributed by atoms with E-state index in [1.165, 1.54) is 23.0 Å². The lowest BCUT2D eigenvalue weighted by Gasteiger charge is -2.26. The number of phenols is 1. The number of hydrogen-bond acceptors (Lipinski definition) is 10. The van der Waals surface area contributed by atoms with Gasteiger partial charge in [-0.15, -0.1) is 0 Å². The fourth-order valence-electron chi connectivity index (χ4n) is 6.62. The molecule has 3 aromatic rings. The van der Waals surface area contributed by atoms with E-state index in [9.17, 15) is 15.0 Å². The van der Waals surface area contributed by atoms with E-state index in [4.69, 9.17) is 13.9 Å². The molecule has 0 radical (unpaired) electrons. The van der Waals surface area contributed by atoms with Crippen LogP contribution in [0.4, 0.5) is 0 Å². The topological polar surface area (TPSA) is 95.6 Å². The number of thioether (sulfide) groups is 2. The number of unbranched alkanes of at least 4 members (excludes halogenated alkanes) is 2. The van der Waals surface area contributed by atoms with Crippen LogP contribution >= 0.6 is 23.5 Å². The van der Waals surface area contributed by atoms with Gasteiger partial charge in [0.1, 0.15) is 33.8 Å². The molecule has 1 aromatic heterocycles. The molecular formula is C40H56N2O6S2. The number of rotatable bonds is 17. The standard InChI is InChI=1S/C40H56N2O6S2/c1-28(2)9-11-30-32(27-43)34(47-20-8-6-14-42-17-23-50-24-18-42)26-35-37(30)40(45)38-36(48-35)25-33(31(39(38)44)12-10-29(3)4)46-19-7-5-13-41-15-21-49-22-16-41/h9-10,25-26,43-44H,5-8,11-24,27H2,1-4H3. The highest BCUT2D eigenvalue weighted by Crippen LogP contribution is 2.39. The molecule has 0 amide bonds. The molecule has 2 aliphatic rings. The monoisotopic (exact) mass is 724 g/mol. The maximum absolute atomic E-state index is 14.4.